The zero-order valence-electron chi connectivity index (χ0n) is 13.7. The molecule has 1 fully saturated rings. The molecule has 0 saturated carbocycles. The van der Waals surface area contributed by atoms with Crippen molar-refractivity contribution in [2.45, 2.75) is 18.9 Å². The van der Waals surface area contributed by atoms with E-state index in [1.165, 1.54) is 12.1 Å². The van der Waals surface area contributed by atoms with E-state index in [-0.39, 0.29) is 11.9 Å². The first-order valence-electron chi connectivity index (χ1n) is 8.25. The van der Waals surface area contributed by atoms with Gasteiger partial charge in [-0.2, -0.15) is 0 Å². The van der Waals surface area contributed by atoms with E-state index in [2.05, 4.69) is 10.6 Å². The van der Waals surface area contributed by atoms with Gasteiger partial charge in [-0.1, -0.05) is 42.5 Å². The molecule has 2 aromatic rings. The Morgan fingerprint density at radius 2 is 1.72 bits per heavy atom. The molecule has 0 aromatic heterocycles. The van der Waals surface area contributed by atoms with E-state index in [0.717, 1.165) is 11.1 Å². The maximum absolute atomic E-state index is 13.1. The maximum atomic E-state index is 13.1. The van der Waals surface area contributed by atoms with E-state index >= 15 is 0 Å². The van der Waals surface area contributed by atoms with Crippen molar-refractivity contribution in [2.24, 2.45) is 0 Å². The van der Waals surface area contributed by atoms with Crippen molar-refractivity contribution in [2.75, 3.05) is 13.1 Å². The van der Waals surface area contributed by atoms with Gasteiger partial charge in [-0.3, -0.25) is 5.32 Å². The first kappa shape index (κ1) is 17.0. The molecule has 3 rings (SSSR count). The largest absolute Gasteiger partial charge is 0.336 e. The fourth-order valence-corrected chi connectivity index (χ4v) is 2.95. The first-order valence-corrected chi connectivity index (χ1v) is 8.25. The molecule has 1 atom stereocenters. The van der Waals surface area contributed by atoms with Gasteiger partial charge in [-0.05, 0) is 36.1 Å². The Kier molecular flexibility index (Phi) is 5.28. The third kappa shape index (κ3) is 4.56. The van der Waals surface area contributed by atoms with Crippen molar-refractivity contribution in [1.29, 1.82) is 0 Å². The summed E-state index contributed by atoms with van der Waals surface area (Å²) in [5.41, 5.74) is 2.04. The van der Waals surface area contributed by atoms with E-state index in [1.807, 2.05) is 30.3 Å². The Morgan fingerprint density at radius 1 is 1.00 bits per heavy atom. The van der Waals surface area contributed by atoms with Gasteiger partial charge in [-0.25, -0.2) is 14.0 Å². The highest BCUT2D eigenvalue weighted by Crippen LogP contribution is 2.13. The number of hydrogen-bond acceptors (Lipinski definition) is 2. The second-order valence-corrected chi connectivity index (χ2v) is 6.05. The molecule has 1 unspecified atom stereocenters. The average molecular weight is 341 g/mol. The predicted molar refractivity (Wildman–Crippen MR) is 92.7 cm³/mol. The molecule has 6 heteroatoms. The number of hydrogen-bond donors (Lipinski definition) is 2. The van der Waals surface area contributed by atoms with Crippen LogP contribution >= 0.6 is 0 Å². The number of rotatable bonds is 5. The molecule has 0 radical (unpaired) electrons. The summed E-state index contributed by atoms with van der Waals surface area (Å²) >= 11 is 0. The number of carbonyl (C=O) groups excluding carboxylic acids is 2. The van der Waals surface area contributed by atoms with Crippen molar-refractivity contribution in [3.63, 3.8) is 0 Å². The Labute approximate surface area is 145 Å². The van der Waals surface area contributed by atoms with Crippen LogP contribution in [0, 0.1) is 5.82 Å². The lowest BCUT2D eigenvalue weighted by molar-refractivity contribution is 0.182. The van der Waals surface area contributed by atoms with E-state index < -0.39 is 12.1 Å². The number of halogens is 1. The van der Waals surface area contributed by atoms with Crippen LogP contribution in [0.2, 0.25) is 0 Å². The number of amides is 4. The fourth-order valence-electron chi connectivity index (χ4n) is 2.95. The minimum absolute atomic E-state index is 0.194. The van der Waals surface area contributed by atoms with Crippen LogP contribution < -0.4 is 10.6 Å². The van der Waals surface area contributed by atoms with Crippen LogP contribution in [0.1, 0.15) is 11.1 Å². The van der Waals surface area contributed by atoms with Crippen molar-refractivity contribution >= 4 is 12.1 Å². The quantitative estimate of drug-likeness (QED) is 0.878. The zero-order chi connectivity index (χ0) is 17.6. The molecule has 1 aliphatic rings. The highest BCUT2D eigenvalue weighted by Gasteiger charge is 2.28. The monoisotopic (exact) mass is 341 g/mol. The highest BCUT2D eigenvalue weighted by atomic mass is 19.1. The van der Waals surface area contributed by atoms with Gasteiger partial charge < -0.3 is 10.2 Å². The van der Waals surface area contributed by atoms with Crippen LogP contribution in [0.15, 0.2) is 54.6 Å². The van der Waals surface area contributed by atoms with E-state index in [0.29, 0.717) is 25.9 Å². The standard InChI is InChI=1S/C19H20FN3O2/c20-16-8-6-15(7-9-16)12-17-13-21-18(24)22-19(25)23(17)11-10-14-4-2-1-3-5-14/h1-9,17H,10-13H2,(H2,21,22,24,25). The summed E-state index contributed by atoms with van der Waals surface area (Å²) in [6.07, 6.45) is 1.24. The number of nitrogens with zero attached hydrogens (tertiary/aromatic N) is 1. The normalized spacial score (nSPS) is 17.6. The molecule has 5 nitrogen and oxygen atoms in total. The molecule has 0 spiro atoms. The Balaban J connectivity index is 1.74. The molecular weight excluding hydrogens is 321 g/mol. The SMILES string of the molecule is O=C1NCC(Cc2ccc(F)cc2)N(CCc2ccccc2)C(=O)N1. The van der Waals surface area contributed by atoms with Crippen molar-refractivity contribution in [3.05, 3.63) is 71.5 Å². The van der Waals surface area contributed by atoms with Gasteiger partial charge in [0.1, 0.15) is 5.82 Å². The molecule has 2 aromatic carbocycles. The summed E-state index contributed by atoms with van der Waals surface area (Å²) in [4.78, 5) is 25.7. The molecule has 0 bridgehead atoms. The highest BCUT2D eigenvalue weighted by molar-refractivity contribution is 5.94. The van der Waals surface area contributed by atoms with Gasteiger partial charge in [0.25, 0.3) is 0 Å². The summed E-state index contributed by atoms with van der Waals surface area (Å²) in [6.45, 7) is 0.848. The second-order valence-electron chi connectivity index (χ2n) is 6.05. The number of nitrogens with one attached hydrogen (secondary N) is 2. The molecule has 25 heavy (non-hydrogen) atoms. The summed E-state index contributed by atoms with van der Waals surface area (Å²) in [6, 6.07) is 15.0. The van der Waals surface area contributed by atoms with Crippen LogP contribution in [-0.4, -0.2) is 36.1 Å². The third-order valence-corrected chi connectivity index (χ3v) is 4.29. The van der Waals surface area contributed by atoms with Gasteiger partial charge in [-0.15, -0.1) is 0 Å². The van der Waals surface area contributed by atoms with Crippen molar-refractivity contribution in [3.8, 4) is 0 Å². The van der Waals surface area contributed by atoms with Crippen LogP contribution in [0.3, 0.4) is 0 Å². The lowest BCUT2D eigenvalue weighted by atomic mass is 10.0. The molecule has 1 saturated heterocycles. The van der Waals surface area contributed by atoms with Crippen LogP contribution in [0.25, 0.3) is 0 Å². The third-order valence-electron chi connectivity index (χ3n) is 4.29. The van der Waals surface area contributed by atoms with Gasteiger partial charge in [0.05, 0.1) is 6.04 Å². The van der Waals surface area contributed by atoms with Crippen LogP contribution in [0.5, 0.6) is 0 Å². The fraction of sp³-hybridized carbons (Fsp3) is 0.263. The van der Waals surface area contributed by atoms with Crippen LogP contribution in [0.4, 0.5) is 14.0 Å². The zero-order valence-corrected chi connectivity index (χ0v) is 13.7. The summed E-state index contributed by atoms with van der Waals surface area (Å²) in [7, 11) is 0. The topological polar surface area (TPSA) is 61.4 Å². The number of carbonyl (C=O) groups is 2. The molecule has 4 amide bonds. The smallest absolute Gasteiger partial charge is 0.325 e. The lowest BCUT2D eigenvalue weighted by Crippen LogP contribution is -2.47. The number of benzene rings is 2. The van der Waals surface area contributed by atoms with E-state index in [1.54, 1.807) is 17.0 Å². The Bertz CT molecular complexity index is 734. The summed E-state index contributed by atoms with van der Waals surface area (Å²) in [5.74, 6) is -0.295. The first-order chi connectivity index (χ1) is 12.1. The molecule has 2 N–H and O–H groups in total. The number of imide groups is 1. The minimum atomic E-state index is -0.490. The maximum Gasteiger partial charge on any atom is 0.325 e. The molecule has 0 aliphatic carbocycles. The van der Waals surface area contributed by atoms with E-state index in [9.17, 15) is 14.0 Å². The van der Waals surface area contributed by atoms with Gasteiger partial charge in [0.15, 0.2) is 0 Å². The summed E-state index contributed by atoms with van der Waals surface area (Å²) in [5, 5.41) is 5.03. The van der Waals surface area contributed by atoms with Crippen molar-refractivity contribution in [1.82, 2.24) is 15.5 Å². The lowest BCUT2D eigenvalue weighted by Gasteiger charge is -2.29. The molecule has 1 aliphatic heterocycles. The van der Waals surface area contributed by atoms with Gasteiger partial charge >= 0.3 is 12.1 Å². The second kappa shape index (κ2) is 7.79. The van der Waals surface area contributed by atoms with Crippen molar-refractivity contribution < 1.29 is 14.0 Å². The van der Waals surface area contributed by atoms with Gasteiger partial charge in [0, 0.05) is 13.1 Å². The Hall–Kier alpha value is -2.89. The number of urea groups is 2. The van der Waals surface area contributed by atoms with Gasteiger partial charge in [0.2, 0.25) is 0 Å². The molecular formula is C19H20FN3O2. The van der Waals surface area contributed by atoms with Crippen LogP contribution in [-0.2, 0) is 12.8 Å². The molecule has 1 heterocycles. The Morgan fingerprint density at radius 3 is 2.44 bits per heavy atom. The summed E-state index contributed by atoms with van der Waals surface area (Å²) < 4.78 is 13.1. The average Bonchev–Trinajstić information content (AvgIpc) is 2.74. The van der Waals surface area contributed by atoms with E-state index in [4.69, 9.17) is 0 Å². The minimum Gasteiger partial charge on any atom is -0.336 e. The predicted octanol–water partition coefficient (Wildman–Crippen LogP) is 2.71. The molecule has 130 valence electrons.